The molecule has 3 heterocycles. The fourth-order valence-corrected chi connectivity index (χ4v) is 5.07. The van der Waals surface area contributed by atoms with E-state index in [0.29, 0.717) is 43.9 Å². The van der Waals surface area contributed by atoms with E-state index >= 15 is 0 Å². The van der Waals surface area contributed by atoms with Crippen molar-refractivity contribution in [2.45, 2.75) is 39.3 Å². The van der Waals surface area contributed by atoms with Crippen LogP contribution in [0.15, 0.2) is 79.4 Å². The number of carbonyl (C=O) groups is 3. The summed E-state index contributed by atoms with van der Waals surface area (Å²) < 4.78 is 9.72. The number of benzene rings is 2. The van der Waals surface area contributed by atoms with Gasteiger partial charge in [-0.2, -0.15) is 5.10 Å². The van der Waals surface area contributed by atoms with Crippen LogP contribution in [0.3, 0.4) is 0 Å². The minimum absolute atomic E-state index is 0.171. The molecule has 2 aromatic heterocycles. The summed E-state index contributed by atoms with van der Waals surface area (Å²) in [6, 6.07) is 15.9. The molecule has 2 aromatic carbocycles. The molecule has 11 heteroatoms. The van der Waals surface area contributed by atoms with Crippen molar-refractivity contribution in [1.29, 1.82) is 0 Å². The second-order valence-corrected chi connectivity index (χ2v) is 10.9. The third-order valence-electron chi connectivity index (χ3n) is 7.16. The van der Waals surface area contributed by atoms with E-state index in [1.165, 1.54) is 4.90 Å². The minimum atomic E-state index is -0.723. The Hall–Kier alpha value is -4.93. The molecule has 0 aliphatic carbocycles. The van der Waals surface area contributed by atoms with Crippen LogP contribution in [0.4, 0.5) is 0 Å². The van der Waals surface area contributed by atoms with Crippen LogP contribution in [0.1, 0.15) is 37.0 Å². The average molecular weight is 584 g/mol. The Morgan fingerprint density at radius 3 is 2.65 bits per heavy atom. The van der Waals surface area contributed by atoms with E-state index in [4.69, 9.17) is 4.74 Å². The lowest BCUT2D eigenvalue weighted by Gasteiger charge is -2.25. The summed E-state index contributed by atoms with van der Waals surface area (Å²) in [4.78, 5) is 46.1. The molecule has 2 bridgehead atoms. The molecule has 224 valence electrons. The maximum absolute atomic E-state index is 13.6. The molecule has 11 nitrogen and oxygen atoms in total. The maximum atomic E-state index is 13.6. The molecule has 2 N–H and O–H groups in total. The van der Waals surface area contributed by atoms with Gasteiger partial charge in [0.1, 0.15) is 17.6 Å². The van der Waals surface area contributed by atoms with Gasteiger partial charge >= 0.3 is 0 Å². The number of nitrogens with zero attached hydrogens (tertiary/aromatic N) is 5. The SMILES string of the molecule is CC(C)C[C@H]1NC(=O)CN(C(=O)c2ccc(-n3cccn3)cc2)CCCOc2cccc(c2)-c2nccn2CCNC1=O. The summed E-state index contributed by atoms with van der Waals surface area (Å²) >= 11 is 0. The van der Waals surface area contributed by atoms with Crippen LogP contribution in [-0.4, -0.2) is 74.2 Å². The van der Waals surface area contributed by atoms with Crippen molar-refractivity contribution in [2.24, 2.45) is 5.92 Å². The number of ether oxygens (including phenoxy) is 1. The number of hydrogen-bond donors (Lipinski definition) is 2. The Kier molecular flexibility index (Phi) is 9.50. The van der Waals surface area contributed by atoms with Gasteiger partial charge in [0.15, 0.2) is 0 Å². The fourth-order valence-electron chi connectivity index (χ4n) is 5.07. The van der Waals surface area contributed by atoms with Gasteiger partial charge in [-0.3, -0.25) is 14.4 Å². The number of imidazole rings is 1. The fraction of sp³-hybridized carbons (Fsp3) is 0.344. The van der Waals surface area contributed by atoms with Gasteiger partial charge in [0.2, 0.25) is 11.8 Å². The van der Waals surface area contributed by atoms with E-state index in [9.17, 15) is 14.4 Å². The zero-order valence-electron chi connectivity index (χ0n) is 24.5. The lowest BCUT2D eigenvalue weighted by atomic mass is 10.0. The molecule has 0 unspecified atom stereocenters. The first-order valence-electron chi connectivity index (χ1n) is 14.6. The van der Waals surface area contributed by atoms with Crippen LogP contribution < -0.4 is 15.4 Å². The van der Waals surface area contributed by atoms with Gasteiger partial charge in [0.05, 0.1) is 18.8 Å². The average Bonchev–Trinajstić information content (AvgIpc) is 3.71. The van der Waals surface area contributed by atoms with Crippen molar-refractivity contribution in [2.75, 3.05) is 26.2 Å². The van der Waals surface area contributed by atoms with Crippen LogP contribution in [0.2, 0.25) is 0 Å². The van der Waals surface area contributed by atoms with Crippen molar-refractivity contribution >= 4 is 17.7 Å². The van der Waals surface area contributed by atoms with Crippen LogP contribution in [-0.2, 0) is 16.1 Å². The van der Waals surface area contributed by atoms with Crippen molar-refractivity contribution in [3.63, 3.8) is 0 Å². The first-order chi connectivity index (χ1) is 20.9. The molecule has 0 fully saturated rings. The van der Waals surface area contributed by atoms with E-state index in [-0.39, 0.29) is 30.8 Å². The summed E-state index contributed by atoms with van der Waals surface area (Å²) in [5.41, 5.74) is 2.17. The smallest absolute Gasteiger partial charge is 0.254 e. The summed E-state index contributed by atoms with van der Waals surface area (Å²) in [7, 11) is 0. The lowest BCUT2D eigenvalue weighted by Crippen LogP contribution is -2.51. The standard InChI is InChI=1S/C32H37N7O4/c1-23(2)20-28-31(41)34-14-18-37-17-13-33-30(37)25-6-3-7-27(21-25)43-19-5-15-38(22-29(40)36-28)32(42)24-8-10-26(11-9-24)39-16-4-12-35-39/h3-4,6-13,16-17,21,23,28H,5,14-15,18-20,22H2,1-2H3,(H,34,41)(H,36,40)/t28-/m1/s1. The molecule has 3 amide bonds. The van der Waals surface area contributed by atoms with Gasteiger partial charge in [-0.05, 0) is 61.2 Å². The first kappa shape index (κ1) is 29.6. The van der Waals surface area contributed by atoms with Crippen molar-refractivity contribution < 1.29 is 19.1 Å². The molecule has 4 aromatic rings. The van der Waals surface area contributed by atoms with Crippen LogP contribution >= 0.6 is 0 Å². The number of carbonyl (C=O) groups excluding carboxylic acids is 3. The van der Waals surface area contributed by atoms with E-state index in [0.717, 1.165) is 17.1 Å². The van der Waals surface area contributed by atoms with E-state index in [1.807, 2.05) is 73.3 Å². The predicted molar refractivity (Wildman–Crippen MR) is 162 cm³/mol. The third-order valence-corrected chi connectivity index (χ3v) is 7.16. The van der Waals surface area contributed by atoms with Gasteiger partial charge in [0.25, 0.3) is 5.91 Å². The maximum Gasteiger partial charge on any atom is 0.254 e. The van der Waals surface area contributed by atoms with E-state index in [1.54, 1.807) is 29.2 Å². The summed E-state index contributed by atoms with van der Waals surface area (Å²) in [6.07, 6.45) is 8.08. The molecule has 1 aliphatic heterocycles. The van der Waals surface area contributed by atoms with E-state index < -0.39 is 11.9 Å². The molecular weight excluding hydrogens is 546 g/mol. The van der Waals surface area contributed by atoms with Gasteiger partial charge in [-0.15, -0.1) is 0 Å². The molecule has 1 aliphatic rings. The second kappa shape index (κ2) is 13.8. The minimum Gasteiger partial charge on any atom is -0.494 e. The Labute approximate surface area is 250 Å². The molecule has 0 spiro atoms. The number of fused-ring (bicyclic) bond motifs is 4. The normalized spacial score (nSPS) is 16.8. The number of aromatic nitrogens is 4. The van der Waals surface area contributed by atoms with Crippen molar-refractivity contribution in [3.05, 3.63) is 84.9 Å². The lowest BCUT2D eigenvalue weighted by molar-refractivity contribution is -0.129. The van der Waals surface area contributed by atoms with Crippen molar-refractivity contribution in [3.8, 4) is 22.8 Å². The van der Waals surface area contributed by atoms with Gasteiger partial charge in [-0.1, -0.05) is 26.0 Å². The Morgan fingerprint density at radius 2 is 1.88 bits per heavy atom. The molecule has 0 saturated carbocycles. The van der Waals surface area contributed by atoms with Crippen LogP contribution in [0, 0.1) is 5.92 Å². The highest BCUT2D eigenvalue weighted by atomic mass is 16.5. The van der Waals surface area contributed by atoms with Crippen LogP contribution in [0.25, 0.3) is 17.1 Å². The zero-order valence-corrected chi connectivity index (χ0v) is 24.5. The largest absolute Gasteiger partial charge is 0.494 e. The highest BCUT2D eigenvalue weighted by molar-refractivity contribution is 5.97. The molecule has 43 heavy (non-hydrogen) atoms. The molecular formula is C32H37N7O4. The Bertz CT molecular complexity index is 1530. The highest BCUT2D eigenvalue weighted by Gasteiger charge is 2.25. The molecule has 1 atom stereocenters. The highest BCUT2D eigenvalue weighted by Crippen LogP contribution is 2.23. The van der Waals surface area contributed by atoms with Crippen molar-refractivity contribution in [1.82, 2.24) is 34.9 Å². The zero-order chi connectivity index (χ0) is 30.2. The first-order valence-corrected chi connectivity index (χ1v) is 14.6. The molecule has 0 radical (unpaired) electrons. The van der Waals surface area contributed by atoms with Crippen LogP contribution in [0.5, 0.6) is 5.75 Å². The quantitative estimate of drug-likeness (QED) is 0.380. The Morgan fingerprint density at radius 1 is 1.05 bits per heavy atom. The van der Waals surface area contributed by atoms with Gasteiger partial charge < -0.3 is 24.8 Å². The summed E-state index contributed by atoms with van der Waals surface area (Å²) in [5, 5.41) is 10.1. The molecule has 5 rings (SSSR count). The third kappa shape index (κ3) is 7.68. The number of rotatable bonds is 4. The number of nitrogens with one attached hydrogen (secondary N) is 2. The number of hydrogen-bond acceptors (Lipinski definition) is 6. The van der Waals surface area contributed by atoms with E-state index in [2.05, 4.69) is 20.7 Å². The second-order valence-electron chi connectivity index (χ2n) is 10.9. The summed E-state index contributed by atoms with van der Waals surface area (Å²) in [6.45, 7) is 5.32. The van der Waals surface area contributed by atoms with Gasteiger partial charge in [0, 0.05) is 55.5 Å². The monoisotopic (exact) mass is 583 g/mol. The number of amides is 3. The summed E-state index contributed by atoms with van der Waals surface area (Å²) in [5.74, 6) is 0.687. The Balaban J connectivity index is 1.37. The predicted octanol–water partition coefficient (Wildman–Crippen LogP) is 3.31. The molecule has 0 saturated heterocycles. The van der Waals surface area contributed by atoms with Gasteiger partial charge in [-0.25, -0.2) is 9.67 Å². The topological polar surface area (TPSA) is 123 Å².